The highest BCUT2D eigenvalue weighted by atomic mass is 32.1. The van der Waals surface area contributed by atoms with Gasteiger partial charge >= 0.3 is 0 Å². The van der Waals surface area contributed by atoms with Gasteiger partial charge in [0.25, 0.3) is 0 Å². The van der Waals surface area contributed by atoms with Crippen LogP contribution in [0.3, 0.4) is 0 Å². The van der Waals surface area contributed by atoms with Gasteiger partial charge in [0.2, 0.25) is 5.91 Å². The van der Waals surface area contributed by atoms with Gasteiger partial charge in [-0.3, -0.25) is 9.69 Å². The molecule has 7 nitrogen and oxygen atoms in total. The Kier molecular flexibility index (Phi) is 7.62. The first-order valence-corrected chi connectivity index (χ1v) is 10.4. The number of aromatic nitrogens is 1. The fraction of sp³-hybridized carbons (Fsp3) is 0.429. The van der Waals surface area contributed by atoms with Crippen molar-refractivity contribution in [3.63, 3.8) is 0 Å². The van der Waals surface area contributed by atoms with Crippen LogP contribution in [0.2, 0.25) is 0 Å². The maximum atomic E-state index is 12.5. The summed E-state index contributed by atoms with van der Waals surface area (Å²) in [5.41, 5.74) is 1.78. The van der Waals surface area contributed by atoms with Crippen LogP contribution in [0, 0.1) is 0 Å². The minimum atomic E-state index is -0.0810. The third-order valence-electron chi connectivity index (χ3n) is 4.66. The van der Waals surface area contributed by atoms with Crippen molar-refractivity contribution >= 4 is 23.3 Å². The minimum Gasteiger partial charge on any atom is -0.493 e. The lowest BCUT2D eigenvalue weighted by Crippen LogP contribution is -2.35. The third-order valence-corrected chi connectivity index (χ3v) is 5.55. The summed E-state index contributed by atoms with van der Waals surface area (Å²) in [5, 5.41) is 3.10. The van der Waals surface area contributed by atoms with Crippen molar-refractivity contribution in [3.05, 3.63) is 45.9 Å². The van der Waals surface area contributed by atoms with Crippen molar-refractivity contribution < 1.29 is 19.0 Å². The maximum absolute atomic E-state index is 12.5. The SMILES string of the molecule is COc1ccc(/C=C/C(=O)N(C)Cc2csc(CN3CCOCC3)n2)cc1OC. The minimum absolute atomic E-state index is 0.0810. The number of carbonyl (C=O) groups excluding carboxylic acids is 1. The van der Waals surface area contributed by atoms with E-state index in [2.05, 4.69) is 9.88 Å². The number of likely N-dealkylation sites (N-methyl/N-ethyl adjacent to an activating group) is 1. The van der Waals surface area contributed by atoms with Gasteiger partial charge in [-0.1, -0.05) is 6.07 Å². The van der Waals surface area contributed by atoms with Crippen LogP contribution in [0.1, 0.15) is 16.3 Å². The Morgan fingerprint density at radius 3 is 2.76 bits per heavy atom. The quantitative estimate of drug-likeness (QED) is 0.616. The molecule has 1 aromatic heterocycles. The number of nitrogens with zero attached hydrogens (tertiary/aromatic N) is 3. The summed E-state index contributed by atoms with van der Waals surface area (Å²) in [5.74, 6) is 1.21. The molecule has 0 unspecified atom stereocenters. The second-order valence-corrected chi connectivity index (χ2v) is 7.71. The molecule has 2 aromatic rings. The molecule has 8 heteroatoms. The first-order chi connectivity index (χ1) is 14.1. The molecule has 1 aromatic carbocycles. The summed E-state index contributed by atoms with van der Waals surface area (Å²) < 4.78 is 15.9. The number of hydrogen-bond donors (Lipinski definition) is 0. The van der Waals surface area contributed by atoms with E-state index in [0.29, 0.717) is 18.0 Å². The lowest BCUT2D eigenvalue weighted by atomic mass is 10.2. The van der Waals surface area contributed by atoms with Crippen molar-refractivity contribution in [2.45, 2.75) is 13.1 Å². The van der Waals surface area contributed by atoms with Crippen LogP contribution in [-0.2, 0) is 22.6 Å². The van der Waals surface area contributed by atoms with Crippen LogP contribution in [0.5, 0.6) is 11.5 Å². The summed E-state index contributed by atoms with van der Waals surface area (Å²) in [6, 6.07) is 5.53. The molecule has 1 amide bonds. The van der Waals surface area contributed by atoms with Gasteiger partial charge in [-0.15, -0.1) is 11.3 Å². The van der Waals surface area contributed by atoms with Gasteiger partial charge in [-0.25, -0.2) is 4.98 Å². The molecule has 0 radical (unpaired) electrons. The molecular formula is C21H27N3O4S. The molecule has 0 bridgehead atoms. The van der Waals surface area contributed by atoms with Crippen molar-refractivity contribution in [1.82, 2.24) is 14.8 Å². The van der Waals surface area contributed by atoms with Gasteiger partial charge < -0.3 is 19.1 Å². The smallest absolute Gasteiger partial charge is 0.246 e. The summed E-state index contributed by atoms with van der Waals surface area (Å²) in [4.78, 5) is 21.1. The fourth-order valence-electron chi connectivity index (χ4n) is 3.02. The Bertz CT molecular complexity index is 846. The Hall–Kier alpha value is -2.42. The van der Waals surface area contributed by atoms with Gasteiger partial charge in [0.15, 0.2) is 11.5 Å². The number of hydrogen-bond acceptors (Lipinski definition) is 7. The normalized spacial score (nSPS) is 14.9. The Morgan fingerprint density at radius 1 is 1.28 bits per heavy atom. The highest BCUT2D eigenvalue weighted by molar-refractivity contribution is 7.09. The van der Waals surface area contributed by atoms with E-state index in [1.165, 1.54) is 0 Å². The topological polar surface area (TPSA) is 64.1 Å². The molecule has 1 fully saturated rings. The molecule has 0 spiro atoms. The largest absolute Gasteiger partial charge is 0.493 e. The van der Waals surface area contributed by atoms with Gasteiger partial charge in [0, 0.05) is 31.6 Å². The molecular weight excluding hydrogens is 390 g/mol. The second kappa shape index (κ2) is 10.4. The number of amides is 1. The molecule has 156 valence electrons. The summed E-state index contributed by atoms with van der Waals surface area (Å²) in [6.45, 7) is 4.76. The number of rotatable bonds is 8. The van der Waals surface area contributed by atoms with E-state index >= 15 is 0 Å². The van der Waals surface area contributed by atoms with Gasteiger partial charge in [-0.05, 0) is 23.8 Å². The van der Waals surface area contributed by atoms with Crippen molar-refractivity contribution in [1.29, 1.82) is 0 Å². The van der Waals surface area contributed by atoms with E-state index in [1.54, 1.807) is 49.7 Å². The van der Waals surface area contributed by atoms with Crippen LogP contribution < -0.4 is 9.47 Å². The van der Waals surface area contributed by atoms with E-state index in [0.717, 1.165) is 49.1 Å². The summed E-state index contributed by atoms with van der Waals surface area (Å²) >= 11 is 1.64. The zero-order valence-corrected chi connectivity index (χ0v) is 17.9. The lowest BCUT2D eigenvalue weighted by Gasteiger charge is -2.25. The van der Waals surface area contributed by atoms with E-state index < -0.39 is 0 Å². The molecule has 3 rings (SSSR count). The van der Waals surface area contributed by atoms with Crippen molar-refractivity contribution in [2.75, 3.05) is 47.6 Å². The molecule has 0 atom stereocenters. The number of carbonyl (C=O) groups is 1. The lowest BCUT2D eigenvalue weighted by molar-refractivity contribution is -0.125. The van der Waals surface area contributed by atoms with E-state index in [4.69, 9.17) is 14.2 Å². The van der Waals surface area contributed by atoms with Gasteiger partial charge in [-0.2, -0.15) is 0 Å². The van der Waals surface area contributed by atoms with Crippen LogP contribution >= 0.6 is 11.3 Å². The summed E-state index contributed by atoms with van der Waals surface area (Å²) in [7, 11) is 4.96. The number of ether oxygens (including phenoxy) is 3. The molecule has 2 heterocycles. The van der Waals surface area contributed by atoms with Gasteiger partial charge in [0.1, 0.15) is 5.01 Å². The zero-order valence-electron chi connectivity index (χ0n) is 17.1. The predicted octanol–water partition coefficient (Wildman–Crippen LogP) is 2.66. The number of morpholine rings is 1. The first kappa shape index (κ1) is 21.3. The van der Waals surface area contributed by atoms with E-state index in [9.17, 15) is 4.79 Å². The van der Waals surface area contributed by atoms with Crippen molar-refractivity contribution in [3.8, 4) is 11.5 Å². The highest BCUT2D eigenvalue weighted by Gasteiger charge is 2.14. The first-order valence-electron chi connectivity index (χ1n) is 9.47. The Morgan fingerprint density at radius 2 is 2.03 bits per heavy atom. The number of thiazole rings is 1. The molecule has 0 saturated carbocycles. The van der Waals surface area contributed by atoms with Crippen LogP contribution in [0.25, 0.3) is 6.08 Å². The molecule has 1 aliphatic heterocycles. The fourth-order valence-corrected chi connectivity index (χ4v) is 3.84. The van der Waals surface area contributed by atoms with Gasteiger partial charge in [0.05, 0.1) is 46.2 Å². The molecule has 0 N–H and O–H groups in total. The van der Waals surface area contributed by atoms with E-state index in [1.807, 2.05) is 23.6 Å². The average Bonchev–Trinajstić information content (AvgIpc) is 3.18. The summed E-state index contributed by atoms with van der Waals surface area (Å²) in [6.07, 6.45) is 3.33. The average molecular weight is 418 g/mol. The van der Waals surface area contributed by atoms with E-state index in [-0.39, 0.29) is 5.91 Å². The predicted molar refractivity (Wildman–Crippen MR) is 113 cm³/mol. The van der Waals surface area contributed by atoms with Crippen LogP contribution in [-0.4, -0.2) is 68.3 Å². The Labute approximate surface area is 175 Å². The van der Waals surface area contributed by atoms with Crippen LogP contribution in [0.4, 0.5) is 0 Å². The maximum Gasteiger partial charge on any atom is 0.246 e. The monoisotopic (exact) mass is 417 g/mol. The molecule has 29 heavy (non-hydrogen) atoms. The highest BCUT2D eigenvalue weighted by Crippen LogP contribution is 2.28. The third kappa shape index (κ3) is 6.03. The van der Waals surface area contributed by atoms with Crippen LogP contribution in [0.15, 0.2) is 29.7 Å². The molecule has 0 aliphatic carbocycles. The molecule has 1 aliphatic rings. The van der Waals surface area contributed by atoms with Crippen molar-refractivity contribution in [2.24, 2.45) is 0 Å². The number of methoxy groups -OCH3 is 2. The Balaban J connectivity index is 1.54. The standard InChI is InChI=1S/C21H27N3O4S/c1-23(13-17-15-29-20(22-17)14-24-8-10-28-11-9-24)21(25)7-5-16-4-6-18(26-2)19(12-16)27-3/h4-7,12,15H,8-11,13-14H2,1-3H3/b7-5+. The molecule has 1 saturated heterocycles. The number of benzene rings is 1. The second-order valence-electron chi connectivity index (χ2n) is 6.76. The zero-order chi connectivity index (χ0) is 20.6.